The van der Waals surface area contributed by atoms with Crippen LogP contribution in [0.4, 0.5) is 0 Å². The van der Waals surface area contributed by atoms with E-state index in [4.69, 9.17) is 0 Å². The van der Waals surface area contributed by atoms with Gasteiger partial charge >= 0.3 is 0 Å². The van der Waals surface area contributed by atoms with Crippen molar-refractivity contribution in [1.29, 1.82) is 0 Å². The van der Waals surface area contributed by atoms with Crippen molar-refractivity contribution in [2.75, 3.05) is 0 Å². The Balaban J connectivity index is 1.34. The molecule has 1 atom stereocenters. The van der Waals surface area contributed by atoms with Gasteiger partial charge in [-0.05, 0) is 49.5 Å². The smallest absolute Gasteiger partial charge is 0.272 e. The Morgan fingerprint density at radius 1 is 1.27 bits per heavy atom. The van der Waals surface area contributed by atoms with E-state index in [2.05, 4.69) is 63.4 Å². The molecule has 156 valence electrons. The maximum Gasteiger partial charge on any atom is 0.272 e. The average molecular weight is 404 g/mol. The fraction of sp³-hybridized carbons (Fsp3) is 0.458. The molecule has 0 radical (unpaired) electrons. The molecule has 2 aliphatic rings. The van der Waals surface area contributed by atoms with E-state index in [1.165, 1.54) is 11.3 Å². The Morgan fingerprint density at radius 3 is 2.93 bits per heavy atom. The van der Waals surface area contributed by atoms with Crippen LogP contribution in [0.5, 0.6) is 0 Å². The Morgan fingerprint density at radius 2 is 2.10 bits per heavy atom. The molecule has 0 saturated heterocycles. The van der Waals surface area contributed by atoms with Crippen molar-refractivity contribution in [3.05, 3.63) is 70.3 Å². The van der Waals surface area contributed by atoms with Crippen LogP contribution in [0, 0.1) is 5.41 Å². The maximum absolute atomic E-state index is 13.1. The van der Waals surface area contributed by atoms with Crippen molar-refractivity contribution in [2.24, 2.45) is 5.41 Å². The molecule has 0 saturated carbocycles. The molecule has 1 aromatic carbocycles. The van der Waals surface area contributed by atoms with Crippen LogP contribution in [0.1, 0.15) is 77.7 Å². The summed E-state index contributed by atoms with van der Waals surface area (Å²) in [6.45, 7) is 5.31. The Kier molecular flexibility index (Phi) is 4.72. The van der Waals surface area contributed by atoms with Crippen LogP contribution in [0.2, 0.25) is 0 Å². The number of aromatic nitrogens is 4. The molecule has 30 heavy (non-hydrogen) atoms. The summed E-state index contributed by atoms with van der Waals surface area (Å²) in [5.41, 5.74) is 6.68. The number of fused-ring (bicyclic) bond motifs is 2. The number of hydrogen-bond acceptors (Lipinski definition) is 3. The molecule has 0 fully saturated rings. The molecule has 3 aromatic rings. The lowest BCUT2D eigenvalue weighted by Crippen LogP contribution is -2.32. The Hall–Kier alpha value is -2.89. The lowest BCUT2D eigenvalue weighted by molar-refractivity contribution is 0.0926. The maximum atomic E-state index is 13.1. The molecule has 1 unspecified atom stereocenters. The van der Waals surface area contributed by atoms with Crippen LogP contribution < -0.4 is 5.32 Å². The molecular formula is C24H29N5O. The fourth-order valence-electron chi connectivity index (χ4n) is 4.92. The molecule has 0 bridgehead atoms. The third kappa shape index (κ3) is 3.55. The quantitative estimate of drug-likeness (QED) is 0.692. The molecule has 0 spiro atoms. The van der Waals surface area contributed by atoms with Crippen molar-refractivity contribution in [2.45, 2.75) is 65.0 Å². The summed E-state index contributed by atoms with van der Waals surface area (Å²) >= 11 is 0. The van der Waals surface area contributed by atoms with Gasteiger partial charge in [0, 0.05) is 22.5 Å². The van der Waals surface area contributed by atoms with Gasteiger partial charge in [0.05, 0.1) is 18.8 Å². The average Bonchev–Trinajstić information content (AvgIpc) is 3.32. The topological polar surface area (TPSA) is 75.6 Å². The fourth-order valence-corrected chi connectivity index (χ4v) is 4.92. The number of hydrogen-bond donors (Lipinski definition) is 2. The molecule has 2 aromatic heterocycles. The van der Waals surface area contributed by atoms with Crippen LogP contribution in [0.3, 0.4) is 0 Å². The van der Waals surface area contributed by atoms with Gasteiger partial charge < -0.3 is 5.32 Å². The van der Waals surface area contributed by atoms with Crippen LogP contribution in [0.25, 0.3) is 0 Å². The first-order valence-electron chi connectivity index (χ1n) is 11.0. The van der Waals surface area contributed by atoms with E-state index in [0.29, 0.717) is 5.69 Å². The molecule has 6 nitrogen and oxygen atoms in total. The van der Waals surface area contributed by atoms with Gasteiger partial charge in [-0.1, -0.05) is 44.2 Å². The van der Waals surface area contributed by atoms with Gasteiger partial charge in [0.1, 0.15) is 0 Å². The highest BCUT2D eigenvalue weighted by Gasteiger charge is 2.32. The van der Waals surface area contributed by atoms with E-state index in [1.807, 2.05) is 12.3 Å². The number of amides is 1. The van der Waals surface area contributed by atoms with Crippen LogP contribution >= 0.6 is 0 Å². The third-order valence-corrected chi connectivity index (χ3v) is 6.62. The molecule has 2 N–H and O–H groups in total. The highest BCUT2D eigenvalue weighted by molar-refractivity contribution is 5.94. The van der Waals surface area contributed by atoms with E-state index in [9.17, 15) is 4.79 Å². The summed E-state index contributed by atoms with van der Waals surface area (Å²) in [6, 6.07) is 10.4. The van der Waals surface area contributed by atoms with Gasteiger partial charge in [-0.3, -0.25) is 14.6 Å². The van der Waals surface area contributed by atoms with Crippen molar-refractivity contribution < 1.29 is 4.79 Å². The normalized spacial score (nSPS) is 19.7. The molecule has 1 amide bonds. The monoisotopic (exact) mass is 403 g/mol. The van der Waals surface area contributed by atoms with Crippen molar-refractivity contribution in [1.82, 2.24) is 25.3 Å². The molecule has 2 aliphatic carbocycles. The Labute approximate surface area is 177 Å². The second-order valence-corrected chi connectivity index (χ2v) is 9.48. The summed E-state index contributed by atoms with van der Waals surface area (Å²) in [7, 11) is 0. The number of nitrogens with zero attached hydrogens (tertiary/aromatic N) is 3. The van der Waals surface area contributed by atoms with Gasteiger partial charge in [-0.2, -0.15) is 10.2 Å². The highest BCUT2D eigenvalue weighted by atomic mass is 16.2. The van der Waals surface area contributed by atoms with Crippen molar-refractivity contribution >= 4 is 5.91 Å². The second kappa shape index (κ2) is 7.42. The number of carbonyl (C=O) groups excluding carboxylic acids is 1. The molecule has 5 rings (SSSR count). The number of benzene rings is 1. The predicted molar refractivity (Wildman–Crippen MR) is 115 cm³/mol. The minimum Gasteiger partial charge on any atom is -0.344 e. The van der Waals surface area contributed by atoms with Crippen LogP contribution in [0.15, 0.2) is 36.5 Å². The first-order valence-corrected chi connectivity index (χ1v) is 11.0. The molecule has 2 heterocycles. The molecule has 6 heteroatoms. The zero-order chi connectivity index (χ0) is 20.7. The van der Waals surface area contributed by atoms with Gasteiger partial charge in [-0.15, -0.1) is 0 Å². The summed E-state index contributed by atoms with van der Waals surface area (Å²) < 4.78 is 2.08. The van der Waals surface area contributed by atoms with E-state index in [0.717, 1.165) is 61.9 Å². The third-order valence-electron chi connectivity index (χ3n) is 6.62. The number of H-pyrrole nitrogens is 1. The number of nitrogens with one attached hydrogen (secondary N) is 2. The van der Waals surface area contributed by atoms with E-state index in [-0.39, 0.29) is 17.4 Å². The molecule has 0 aliphatic heterocycles. The predicted octanol–water partition coefficient (Wildman–Crippen LogP) is 3.98. The summed E-state index contributed by atoms with van der Waals surface area (Å²) in [6.07, 6.45) is 7.86. The zero-order valence-corrected chi connectivity index (χ0v) is 17.7. The second-order valence-electron chi connectivity index (χ2n) is 9.48. The van der Waals surface area contributed by atoms with Gasteiger partial charge in [0.25, 0.3) is 5.91 Å². The number of carbonyl (C=O) groups is 1. The lowest BCUT2D eigenvalue weighted by atomic mass is 9.76. The highest BCUT2D eigenvalue weighted by Crippen LogP contribution is 2.35. The van der Waals surface area contributed by atoms with Gasteiger partial charge in [-0.25, -0.2) is 0 Å². The van der Waals surface area contributed by atoms with E-state index in [1.54, 1.807) is 0 Å². The summed E-state index contributed by atoms with van der Waals surface area (Å²) in [4.78, 5) is 13.1. The van der Waals surface area contributed by atoms with E-state index >= 15 is 0 Å². The largest absolute Gasteiger partial charge is 0.344 e. The van der Waals surface area contributed by atoms with Crippen molar-refractivity contribution in [3.8, 4) is 0 Å². The van der Waals surface area contributed by atoms with Gasteiger partial charge in [0.15, 0.2) is 5.69 Å². The van der Waals surface area contributed by atoms with E-state index < -0.39 is 0 Å². The Bertz CT molecular complexity index is 1060. The summed E-state index contributed by atoms with van der Waals surface area (Å²) in [5, 5.41) is 15.4. The first-order chi connectivity index (χ1) is 14.5. The summed E-state index contributed by atoms with van der Waals surface area (Å²) in [5.74, 6) is -0.0686. The number of aromatic amines is 1. The minimum atomic E-state index is -0.0686. The zero-order valence-electron chi connectivity index (χ0n) is 17.7. The van der Waals surface area contributed by atoms with Crippen molar-refractivity contribution in [3.63, 3.8) is 0 Å². The standard InChI is InChI=1S/C24H29N5O/c1-24(2)12-11-17-20(13-24)27-28-22(17)23(30)26-19-9-6-10-21-18(19)14-25-29(21)15-16-7-4-3-5-8-16/h3-5,7-8,14,19H,6,9-13,15H2,1-2H3,(H,26,30)(H,27,28). The molecular weight excluding hydrogens is 374 g/mol. The number of rotatable bonds is 4. The van der Waals surface area contributed by atoms with Crippen LogP contribution in [-0.2, 0) is 25.8 Å². The first kappa shape index (κ1) is 19.1. The lowest BCUT2D eigenvalue weighted by Gasteiger charge is -2.29. The minimum absolute atomic E-state index is 0.00171. The van der Waals surface area contributed by atoms with Crippen LogP contribution in [-0.4, -0.2) is 25.9 Å². The SMILES string of the molecule is CC1(C)CCc2c(C(=O)NC3CCCc4c3cnn4Cc3ccccc3)n[nH]c2C1. The van der Waals surface area contributed by atoms with Gasteiger partial charge in [0.2, 0.25) is 0 Å².